The van der Waals surface area contributed by atoms with Crippen LogP contribution < -0.4 is 4.83 Å². The highest BCUT2D eigenvalue weighted by Crippen LogP contribution is 1.87. The Labute approximate surface area is 76.6 Å². The summed E-state index contributed by atoms with van der Waals surface area (Å²) in [6.45, 7) is 0. The average molecular weight is 199 g/mol. The van der Waals surface area contributed by atoms with Crippen LogP contribution in [0.1, 0.15) is 5.69 Å². The van der Waals surface area contributed by atoms with Crippen LogP contribution in [-0.2, 0) is 10.0 Å². The first-order valence-electron chi connectivity index (χ1n) is 3.49. The van der Waals surface area contributed by atoms with Gasteiger partial charge in [-0.05, 0) is 12.1 Å². The van der Waals surface area contributed by atoms with E-state index in [0.29, 0.717) is 5.69 Å². The molecule has 0 radical (unpaired) electrons. The monoisotopic (exact) mass is 199 g/mol. The van der Waals surface area contributed by atoms with Crippen LogP contribution in [0.15, 0.2) is 29.5 Å². The van der Waals surface area contributed by atoms with Gasteiger partial charge in [-0.2, -0.15) is 5.10 Å². The summed E-state index contributed by atoms with van der Waals surface area (Å²) in [7, 11) is -3.27. The standard InChI is InChI=1S/C7H9N3O2S/c1-13(11,12)10-9-6-7-4-2-3-5-8-7/h2-6,10H,1H3/b9-6+. The number of sulfonamides is 1. The van der Waals surface area contributed by atoms with Crippen LogP contribution in [0.4, 0.5) is 0 Å². The highest BCUT2D eigenvalue weighted by molar-refractivity contribution is 7.88. The Morgan fingerprint density at radius 2 is 2.31 bits per heavy atom. The summed E-state index contributed by atoms with van der Waals surface area (Å²) in [5.74, 6) is 0. The Balaban J connectivity index is 2.61. The Kier molecular flexibility index (Phi) is 2.97. The molecule has 1 aromatic heterocycles. The molecule has 0 amide bonds. The van der Waals surface area contributed by atoms with Gasteiger partial charge in [-0.1, -0.05) is 6.07 Å². The van der Waals surface area contributed by atoms with Crippen molar-refractivity contribution in [1.29, 1.82) is 0 Å². The number of nitrogens with zero attached hydrogens (tertiary/aromatic N) is 2. The third-order valence-electron chi connectivity index (χ3n) is 1.10. The maximum absolute atomic E-state index is 10.6. The molecule has 0 aliphatic heterocycles. The number of aromatic nitrogens is 1. The van der Waals surface area contributed by atoms with Gasteiger partial charge in [0.2, 0.25) is 10.0 Å². The highest BCUT2D eigenvalue weighted by atomic mass is 32.2. The predicted molar refractivity (Wildman–Crippen MR) is 49.8 cm³/mol. The van der Waals surface area contributed by atoms with Crippen LogP contribution in [0, 0.1) is 0 Å². The molecule has 1 aromatic rings. The van der Waals surface area contributed by atoms with E-state index in [2.05, 4.69) is 10.1 Å². The van der Waals surface area contributed by atoms with Crippen molar-refractivity contribution in [3.05, 3.63) is 30.1 Å². The Morgan fingerprint density at radius 3 is 2.85 bits per heavy atom. The molecule has 0 spiro atoms. The molecule has 70 valence electrons. The van der Waals surface area contributed by atoms with Crippen molar-refractivity contribution in [2.75, 3.05) is 6.26 Å². The zero-order valence-corrected chi connectivity index (χ0v) is 7.82. The SMILES string of the molecule is CS(=O)(=O)N/N=C/c1ccccn1. The molecule has 5 nitrogen and oxygen atoms in total. The van der Waals surface area contributed by atoms with Gasteiger partial charge in [0.05, 0.1) is 18.2 Å². The Hall–Kier alpha value is -1.43. The van der Waals surface area contributed by atoms with Crippen LogP contribution in [0.5, 0.6) is 0 Å². The van der Waals surface area contributed by atoms with Crippen LogP contribution in [0.3, 0.4) is 0 Å². The molecule has 6 heteroatoms. The highest BCUT2D eigenvalue weighted by Gasteiger charge is 1.94. The molecule has 0 bridgehead atoms. The Morgan fingerprint density at radius 1 is 1.54 bits per heavy atom. The van der Waals surface area contributed by atoms with Gasteiger partial charge in [-0.3, -0.25) is 4.98 Å². The van der Waals surface area contributed by atoms with Crippen molar-refractivity contribution < 1.29 is 8.42 Å². The lowest BCUT2D eigenvalue weighted by Gasteiger charge is -1.93. The van der Waals surface area contributed by atoms with E-state index in [-0.39, 0.29) is 0 Å². The molecule has 13 heavy (non-hydrogen) atoms. The summed E-state index contributed by atoms with van der Waals surface area (Å²) < 4.78 is 21.2. The van der Waals surface area contributed by atoms with Gasteiger partial charge in [0, 0.05) is 6.20 Å². The summed E-state index contributed by atoms with van der Waals surface area (Å²) in [5.41, 5.74) is 0.596. The summed E-state index contributed by atoms with van der Waals surface area (Å²) in [4.78, 5) is 5.89. The van der Waals surface area contributed by atoms with Gasteiger partial charge >= 0.3 is 0 Å². The number of hydrogen-bond donors (Lipinski definition) is 1. The fraction of sp³-hybridized carbons (Fsp3) is 0.143. The minimum atomic E-state index is -3.27. The molecule has 0 aliphatic carbocycles. The lowest BCUT2D eigenvalue weighted by atomic mass is 10.4. The zero-order chi connectivity index (χ0) is 9.73. The molecule has 1 rings (SSSR count). The maximum atomic E-state index is 10.6. The summed E-state index contributed by atoms with van der Waals surface area (Å²) in [6.07, 6.45) is 3.96. The summed E-state index contributed by atoms with van der Waals surface area (Å²) in [6, 6.07) is 5.27. The van der Waals surface area contributed by atoms with Crippen LogP contribution >= 0.6 is 0 Å². The molecule has 0 aliphatic rings. The van der Waals surface area contributed by atoms with Crippen molar-refractivity contribution in [2.24, 2.45) is 5.10 Å². The molecule has 0 unspecified atom stereocenters. The van der Waals surface area contributed by atoms with Gasteiger partial charge in [0.25, 0.3) is 0 Å². The van der Waals surface area contributed by atoms with Crippen molar-refractivity contribution in [1.82, 2.24) is 9.82 Å². The Bertz CT molecular complexity index is 385. The molecule has 0 saturated heterocycles. The molecule has 1 N–H and O–H groups in total. The van der Waals surface area contributed by atoms with E-state index in [0.717, 1.165) is 6.26 Å². The minimum Gasteiger partial charge on any atom is -0.255 e. The quantitative estimate of drug-likeness (QED) is 0.548. The number of pyridine rings is 1. The van der Waals surface area contributed by atoms with E-state index in [1.54, 1.807) is 24.4 Å². The molecular formula is C7H9N3O2S. The van der Waals surface area contributed by atoms with Gasteiger partial charge in [0.15, 0.2) is 0 Å². The summed E-state index contributed by atoms with van der Waals surface area (Å²) >= 11 is 0. The van der Waals surface area contributed by atoms with E-state index in [1.165, 1.54) is 6.21 Å². The fourth-order valence-corrected chi connectivity index (χ4v) is 0.885. The second-order valence-corrected chi connectivity index (χ2v) is 4.10. The summed E-state index contributed by atoms with van der Waals surface area (Å²) in [5, 5.41) is 3.49. The molecule has 0 aromatic carbocycles. The minimum absolute atomic E-state index is 0.596. The maximum Gasteiger partial charge on any atom is 0.244 e. The van der Waals surface area contributed by atoms with E-state index < -0.39 is 10.0 Å². The van der Waals surface area contributed by atoms with E-state index >= 15 is 0 Å². The van der Waals surface area contributed by atoms with Crippen LogP contribution in [0.25, 0.3) is 0 Å². The lowest BCUT2D eigenvalue weighted by Crippen LogP contribution is -2.15. The van der Waals surface area contributed by atoms with Gasteiger partial charge in [-0.15, -0.1) is 0 Å². The van der Waals surface area contributed by atoms with E-state index in [4.69, 9.17) is 0 Å². The fourth-order valence-electron chi connectivity index (χ4n) is 0.641. The van der Waals surface area contributed by atoms with E-state index in [9.17, 15) is 8.42 Å². The molecule has 0 atom stereocenters. The van der Waals surface area contributed by atoms with Crippen molar-refractivity contribution in [3.8, 4) is 0 Å². The number of nitrogens with one attached hydrogen (secondary N) is 1. The average Bonchev–Trinajstić information content (AvgIpc) is 2.04. The third kappa shape index (κ3) is 4.22. The molecule has 0 fully saturated rings. The van der Waals surface area contributed by atoms with Crippen molar-refractivity contribution in [3.63, 3.8) is 0 Å². The zero-order valence-electron chi connectivity index (χ0n) is 7.01. The normalized spacial score (nSPS) is 11.8. The van der Waals surface area contributed by atoms with Gasteiger partial charge < -0.3 is 0 Å². The first-order valence-corrected chi connectivity index (χ1v) is 5.38. The lowest BCUT2D eigenvalue weighted by molar-refractivity contribution is 0.591. The van der Waals surface area contributed by atoms with Gasteiger partial charge in [-0.25, -0.2) is 13.2 Å². The largest absolute Gasteiger partial charge is 0.255 e. The van der Waals surface area contributed by atoms with Gasteiger partial charge in [0.1, 0.15) is 0 Å². The number of hydrogen-bond acceptors (Lipinski definition) is 4. The second-order valence-electron chi connectivity index (χ2n) is 2.38. The predicted octanol–water partition coefficient (Wildman–Crippen LogP) is -0.0353. The second kappa shape index (κ2) is 3.99. The van der Waals surface area contributed by atoms with Crippen LogP contribution in [0.2, 0.25) is 0 Å². The van der Waals surface area contributed by atoms with Crippen LogP contribution in [-0.4, -0.2) is 25.9 Å². The third-order valence-corrected chi connectivity index (χ3v) is 1.54. The number of rotatable bonds is 3. The molecule has 1 heterocycles. The molecule has 0 saturated carbocycles. The van der Waals surface area contributed by atoms with Crippen molar-refractivity contribution >= 4 is 16.2 Å². The van der Waals surface area contributed by atoms with E-state index in [1.807, 2.05) is 4.83 Å². The first kappa shape index (κ1) is 9.66. The van der Waals surface area contributed by atoms with Crippen molar-refractivity contribution in [2.45, 2.75) is 0 Å². The topological polar surface area (TPSA) is 71.4 Å². The number of hydrazone groups is 1. The first-order chi connectivity index (χ1) is 6.08. The smallest absolute Gasteiger partial charge is 0.244 e. The molecular weight excluding hydrogens is 190 g/mol.